The fraction of sp³-hybridized carbons (Fsp3) is 0.400. The molecule has 0 unspecified atom stereocenters. The van der Waals surface area contributed by atoms with Crippen molar-refractivity contribution in [2.24, 2.45) is 0 Å². The van der Waals surface area contributed by atoms with Crippen LogP contribution in [-0.4, -0.2) is 16.7 Å². The molecule has 2 rings (SSSR count). The summed E-state index contributed by atoms with van der Waals surface area (Å²) in [5.74, 6) is 0. The van der Waals surface area contributed by atoms with E-state index in [2.05, 4.69) is 33.0 Å². The largest absolute Gasteiger partial charge is 0.380 e. The summed E-state index contributed by atoms with van der Waals surface area (Å²) in [7, 11) is 0. The molecule has 0 heterocycles. The van der Waals surface area contributed by atoms with Gasteiger partial charge in [-0.05, 0) is 45.2 Å². The van der Waals surface area contributed by atoms with E-state index < -0.39 is 5.60 Å². The molecule has 22 heavy (non-hydrogen) atoms. The van der Waals surface area contributed by atoms with E-state index >= 15 is 0 Å². The fourth-order valence-electron chi connectivity index (χ4n) is 3.06. The van der Waals surface area contributed by atoms with Crippen molar-refractivity contribution in [3.05, 3.63) is 71.8 Å². The lowest BCUT2D eigenvalue weighted by molar-refractivity contribution is 0.0577. The van der Waals surface area contributed by atoms with Crippen LogP contribution in [0.15, 0.2) is 60.7 Å². The van der Waals surface area contributed by atoms with Crippen molar-refractivity contribution in [2.45, 2.75) is 51.3 Å². The molecule has 118 valence electrons. The molecule has 0 aliphatic heterocycles. The molecule has 0 spiro atoms. The zero-order valence-electron chi connectivity index (χ0n) is 14.0. The zero-order valence-corrected chi connectivity index (χ0v) is 14.0. The first kappa shape index (κ1) is 16.7. The minimum atomic E-state index is -0.986. The zero-order chi connectivity index (χ0) is 16.2. The van der Waals surface area contributed by atoms with Crippen molar-refractivity contribution < 1.29 is 5.11 Å². The van der Waals surface area contributed by atoms with Crippen LogP contribution in [0.1, 0.15) is 45.2 Å². The molecule has 0 saturated heterocycles. The van der Waals surface area contributed by atoms with Crippen LogP contribution in [0.25, 0.3) is 0 Å². The molecule has 2 aromatic rings. The van der Waals surface area contributed by atoms with Crippen molar-refractivity contribution in [3.63, 3.8) is 0 Å². The first-order chi connectivity index (χ1) is 10.3. The second kappa shape index (κ2) is 6.64. The predicted octanol–water partition coefficient (Wildman–Crippen LogP) is 4.09. The maximum Gasteiger partial charge on any atom is 0.116 e. The number of aliphatic hydroxyl groups is 1. The average molecular weight is 297 g/mol. The molecule has 0 saturated carbocycles. The van der Waals surface area contributed by atoms with Gasteiger partial charge in [-0.25, -0.2) is 0 Å². The van der Waals surface area contributed by atoms with E-state index in [1.54, 1.807) is 0 Å². The maximum absolute atomic E-state index is 11.5. The first-order valence-electron chi connectivity index (χ1n) is 7.92. The van der Waals surface area contributed by atoms with Gasteiger partial charge in [-0.2, -0.15) is 0 Å². The lowest BCUT2D eigenvalue weighted by atomic mass is 9.81. The Morgan fingerprint density at radius 3 is 1.64 bits per heavy atom. The van der Waals surface area contributed by atoms with Crippen LogP contribution in [-0.2, 0) is 5.60 Å². The van der Waals surface area contributed by atoms with Crippen molar-refractivity contribution in [1.29, 1.82) is 0 Å². The highest BCUT2D eigenvalue weighted by Crippen LogP contribution is 2.34. The van der Waals surface area contributed by atoms with E-state index in [1.807, 2.05) is 60.7 Å². The Morgan fingerprint density at radius 1 is 0.864 bits per heavy atom. The summed E-state index contributed by atoms with van der Waals surface area (Å²) in [5, 5.41) is 15.0. The summed E-state index contributed by atoms with van der Waals surface area (Å²) in [6, 6.07) is 20.0. The van der Waals surface area contributed by atoms with Crippen molar-refractivity contribution in [3.8, 4) is 0 Å². The van der Waals surface area contributed by atoms with E-state index in [0.29, 0.717) is 6.42 Å². The third-order valence-corrected chi connectivity index (χ3v) is 3.78. The fourth-order valence-corrected chi connectivity index (χ4v) is 3.06. The summed E-state index contributed by atoms with van der Waals surface area (Å²) in [4.78, 5) is 0. The molecule has 0 amide bonds. The molecule has 2 nitrogen and oxygen atoms in total. The minimum Gasteiger partial charge on any atom is -0.380 e. The van der Waals surface area contributed by atoms with Crippen LogP contribution >= 0.6 is 0 Å². The van der Waals surface area contributed by atoms with Gasteiger partial charge >= 0.3 is 0 Å². The molecule has 2 heteroatoms. The van der Waals surface area contributed by atoms with E-state index in [4.69, 9.17) is 0 Å². The van der Waals surface area contributed by atoms with Gasteiger partial charge in [0.25, 0.3) is 0 Å². The van der Waals surface area contributed by atoms with Gasteiger partial charge in [0.1, 0.15) is 5.60 Å². The number of nitrogens with one attached hydrogen (secondary N) is 1. The van der Waals surface area contributed by atoms with Crippen LogP contribution in [0.5, 0.6) is 0 Å². The van der Waals surface area contributed by atoms with Crippen LogP contribution in [0, 0.1) is 0 Å². The molecule has 0 bridgehead atoms. The third-order valence-electron chi connectivity index (χ3n) is 3.78. The average Bonchev–Trinajstić information content (AvgIpc) is 2.47. The summed E-state index contributed by atoms with van der Waals surface area (Å²) in [6.45, 7) is 8.57. The molecule has 0 aromatic heterocycles. The summed E-state index contributed by atoms with van der Waals surface area (Å²) in [5.41, 5.74) is 0.904. The molecule has 0 radical (unpaired) electrons. The van der Waals surface area contributed by atoms with Gasteiger partial charge < -0.3 is 10.4 Å². The summed E-state index contributed by atoms with van der Waals surface area (Å²) >= 11 is 0. The quantitative estimate of drug-likeness (QED) is 0.871. The van der Waals surface area contributed by atoms with E-state index in [0.717, 1.165) is 11.1 Å². The Balaban J connectivity index is 2.35. The van der Waals surface area contributed by atoms with Gasteiger partial charge in [-0.1, -0.05) is 60.7 Å². The standard InChI is InChI=1S/C20H27NO/c1-16(21-19(2,3)4)15-20(22,17-11-7-5-8-12-17)18-13-9-6-10-14-18/h5-14,16,21-22H,15H2,1-4H3/t16-/m1/s1. The Bertz CT molecular complexity index is 532. The SMILES string of the molecule is C[C@H](CC(O)(c1ccccc1)c1ccccc1)NC(C)(C)C. The summed E-state index contributed by atoms with van der Waals surface area (Å²) in [6.07, 6.45) is 0.623. The molecule has 0 aliphatic rings. The highest BCUT2D eigenvalue weighted by molar-refractivity contribution is 5.36. The van der Waals surface area contributed by atoms with Crippen molar-refractivity contribution in [2.75, 3.05) is 0 Å². The second-order valence-corrected chi connectivity index (χ2v) is 7.09. The van der Waals surface area contributed by atoms with Crippen LogP contribution in [0.2, 0.25) is 0 Å². The van der Waals surface area contributed by atoms with E-state index in [-0.39, 0.29) is 11.6 Å². The monoisotopic (exact) mass is 297 g/mol. The lowest BCUT2D eigenvalue weighted by Gasteiger charge is -2.35. The number of hydrogen-bond donors (Lipinski definition) is 2. The highest BCUT2D eigenvalue weighted by Gasteiger charge is 2.33. The number of rotatable bonds is 5. The molecular weight excluding hydrogens is 270 g/mol. The van der Waals surface area contributed by atoms with Gasteiger partial charge in [-0.15, -0.1) is 0 Å². The van der Waals surface area contributed by atoms with Gasteiger partial charge in [0.05, 0.1) is 0 Å². The van der Waals surface area contributed by atoms with Gasteiger partial charge in [0, 0.05) is 11.6 Å². The van der Waals surface area contributed by atoms with Gasteiger partial charge in [0.15, 0.2) is 0 Å². The number of hydrogen-bond acceptors (Lipinski definition) is 2. The van der Waals surface area contributed by atoms with Gasteiger partial charge in [-0.3, -0.25) is 0 Å². The Labute approximate surface area is 134 Å². The van der Waals surface area contributed by atoms with Crippen LogP contribution < -0.4 is 5.32 Å². The van der Waals surface area contributed by atoms with Crippen LogP contribution in [0.3, 0.4) is 0 Å². The summed E-state index contributed by atoms with van der Waals surface area (Å²) < 4.78 is 0. The minimum absolute atomic E-state index is 0.0215. The van der Waals surface area contributed by atoms with E-state index in [9.17, 15) is 5.11 Å². The van der Waals surface area contributed by atoms with Crippen molar-refractivity contribution >= 4 is 0 Å². The van der Waals surface area contributed by atoms with Crippen molar-refractivity contribution in [1.82, 2.24) is 5.32 Å². The smallest absolute Gasteiger partial charge is 0.116 e. The molecule has 0 fully saturated rings. The Hall–Kier alpha value is -1.64. The number of benzene rings is 2. The normalized spacial score (nSPS) is 13.9. The predicted molar refractivity (Wildman–Crippen MR) is 92.9 cm³/mol. The Kier molecular flexibility index (Phi) is 5.05. The van der Waals surface area contributed by atoms with Crippen LogP contribution in [0.4, 0.5) is 0 Å². The second-order valence-electron chi connectivity index (χ2n) is 7.09. The molecule has 1 atom stereocenters. The first-order valence-corrected chi connectivity index (χ1v) is 7.92. The Morgan fingerprint density at radius 2 is 1.27 bits per heavy atom. The van der Waals surface area contributed by atoms with Gasteiger partial charge in [0.2, 0.25) is 0 Å². The molecule has 2 N–H and O–H groups in total. The lowest BCUT2D eigenvalue weighted by Crippen LogP contribution is -2.45. The van der Waals surface area contributed by atoms with E-state index in [1.165, 1.54) is 0 Å². The molecule has 0 aliphatic carbocycles. The maximum atomic E-state index is 11.5. The highest BCUT2D eigenvalue weighted by atomic mass is 16.3. The topological polar surface area (TPSA) is 32.3 Å². The third kappa shape index (κ3) is 4.19. The molecule has 2 aromatic carbocycles. The molecular formula is C20H27NO.